The van der Waals surface area contributed by atoms with Crippen molar-refractivity contribution in [3.05, 3.63) is 60.2 Å². The van der Waals surface area contributed by atoms with E-state index < -0.39 is 0 Å². The zero-order valence-electron chi connectivity index (χ0n) is 14.8. The Morgan fingerprint density at radius 1 is 1.08 bits per heavy atom. The van der Waals surface area contributed by atoms with E-state index in [4.69, 9.17) is 4.74 Å². The summed E-state index contributed by atoms with van der Waals surface area (Å²) in [7, 11) is 1.62. The van der Waals surface area contributed by atoms with Crippen LogP contribution >= 0.6 is 0 Å². The summed E-state index contributed by atoms with van der Waals surface area (Å²) in [5.74, 6) is 0.730. The van der Waals surface area contributed by atoms with Gasteiger partial charge in [-0.1, -0.05) is 42.5 Å². The van der Waals surface area contributed by atoms with Crippen molar-refractivity contribution in [3.8, 4) is 5.75 Å². The number of rotatable bonds is 6. The molecule has 1 aliphatic rings. The van der Waals surface area contributed by atoms with Crippen LogP contribution in [0.3, 0.4) is 0 Å². The molecule has 3 rings (SSSR count). The molecule has 0 saturated carbocycles. The Morgan fingerprint density at radius 2 is 1.76 bits per heavy atom. The summed E-state index contributed by atoms with van der Waals surface area (Å²) in [5.41, 5.74) is 2.17. The molecule has 25 heavy (non-hydrogen) atoms. The van der Waals surface area contributed by atoms with Gasteiger partial charge in [0.15, 0.2) is 0 Å². The second-order valence-electron chi connectivity index (χ2n) is 6.64. The highest BCUT2D eigenvalue weighted by Gasteiger charge is 2.33. The third kappa shape index (κ3) is 4.20. The van der Waals surface area contributed by atoms with Gasteiger partial charge in [-0.15, -0.1) is 0 Å². The summed E-state index contributed by atoms with van der Waals surface area (Å²) >= 11 is 0. The van der Waals surface area contributed by atoms with E-state index in [2.05, 4.69) is 34.9 Å². The van der Waals surface area contributed by atoms with Crippen molar-refractivity contribution in [2.24, 2.45) is 0 Å². The maximum Gasteiger partial charge on any atom is 0.224 e. The molecule has 1 amide bonds. The number of nitrogens with one attached hydrogen (secondary N) is 2. The third-order valence-corrected chi connectivity index (χ3v) is 5.16. The van der Waals surface area contributed by atoms with Gasteiger partial charge < -0.3 is 15.4 Å². The monoisotopic (exact) mass is 338 g/mol. The predicted octanol–water partition coefficient (Wildman–Crippen LogP) is 3.74. The molecule has 0 radical (unpaired) electrons. The fraction of sp³-hybridized carbons (Fsp3) is 0.381. The number of benzene rings is 2. The van der Waals surface area contributed by atoms with Gasteiger partial charge in [-0.25, -0.2) is 0 Å². The summed E-state index contributed by atoms with van der Waals surface area (Å²) in [6.45, 7) is 2.01. The van der Waals surface area contributed by atoms with Gasteiger partial charge in [0, 0.05) is 6.42 Å². The molecule has 2 N–H and O–H groups in total. The number of para-hydroxylation sites is 2. The van der Waals surface area contributed by atoms with Gasteiger partial charge in [0.2, 0.25) is 5.91 Å². The van der Waals surface area contributed by atoms with Crippen LogP contribution in [-0.2, 0) is 10.2 Å². The number of carbonyl (C=O) groups excluding carboxylic acids is 1. The molecule has 132 valence electrons. The molecule has 0 unspecified atom stereocenters. The second-order valence-corrected chi connectivity index (χ2v) is 6.64. The highest BCUT2D eigenvalue weighted by molar-refractivity contribution is 5.92. The smallest absolute Gasteiger partial charge is 0.224 e. The maximum absolute atomic E-state index is 12.5. The average molecular weight is 338 g/mol. The van der Waals surface area contributed by atoms with Crippen LogP contribution in [0.4, 0.5) is 5.69 Å². The van der Waals surface area contributed by atoms with Gasteiger partial charge in [0.25, 0.3) is 0 Å². The first-order chi connectivity index (χ1) is 12.2. The van der Waals surface area contributed by atoms with Crippen LogP contribution in [0.15, 0.2) is 54.6 Å². The molecular weight excluding hydrogens is 312 g/mol. The average Bonchev–Trinajstić information content (AvgIpc) is 2.68. The van der Waals surface area contributed by atoms with Crippen LogP contribution < -0.4 is 15.4 Å². The minimum atomic E-state index is 0.0401. The largest absolute Gasteiger partial charge is 0.495 e. The lowest BCUT2D eigenvalue weighted by molar-refractivity contribution is -0.116. The lowest BCUT2D eigenvalue weighted by Crippen LogP contribution is -2.40. The summed E-state index contributed by atoms with van der Waals surface area (Å²) in [4.78, 5) is 12.5. The minimum Gasteiger partial charge on any atom is -0.495 e. The molecule has 2 aromatic carbocycles. The minimum absolute atomic E-state index is 0.0401. The Morgan fingerprint density at radius 3 is 2.48 bits per heavy atom. The highest BCUT2D eigenvalue weighted by atomic mass is 16.5. The Balaban J connectivity index is 1.68. The van der Waals surface area contributed by atoms with Gasteiger partial charge in [0.05, 0.1) is 12.8 Å². The number of carbonyl (C=O) groups is 1. The topological polar surface area (TPSA) is 50.4 Å². The number of amides is 1. The molecule has 1 heterocycles. The van der Waals surface area contributed by atoms with Crippen molar-refractivity contribution in [1.29, 1.82) is 0 Å². The number of hydrogen-bond donors (Lipinski definition) is 2. The Labute approximate surface area is 149 Å². The maximum atomic E-state index is 12.5. The van der Waals surface area contributed by atoms with Crippen molar-refractivity contribution in [1.82, 2.24) is 5.32 Å². The number of ether oxygens (including phenoxy) is 1. The lowest BCUT2D eigenvalue weighted by atomic mass is 9.70. The van der Waals surface area contributed by atoms with Gasteiger partial charge in [-0.05, 0) is 55.5 Å². The van der Waals surface area contributed by atoms with Crippen LogP contribution in [0.5, 0.6) is 5.75 Å². The molecule has 0 spiro atoms. The van der Waals surface area contributed by atoms with E-state index in [1.54, 1.807) is 7.11 Å². The Bertz CT molecular complexity index is 694. The lowest BCUT2D eigenvalue weighted by Gasteiger charge is -2.38. The van der Waals surface area contributed by atoms with E-state index in [1.165, 1.54) is 5.56 Å². The van der Waals surface area contributed by atoms with Crippen LogP contribution in [-0.4, -0.2) is 26.1 Å². The normalized spacial score (nSPS) is 16.2. The number of anilines is 1. The molecule has 1 saturated heterocycles. The van der Waals surface area contributed by atoms with Gasteiger partial charge >= 0.3 is 0 Å². The predicted molar refractivity (Wildman–Crippen MR) is 101 cm³/mol. The number of methoxy groups -OCH3 is 1. The van der Waals surface area contributed by atoms with Crippen molar-refractivity contribution >= 4 is 11.6 Å². The summed E-state index contributed by atoms with van der Waals surface area (Å²) in [6.07, 6.45) is 3.50. The molecule has 4 nitrogen and oxygen atoms in total. The number of hydrogen-bond acceptors (Lipinski definition) is 3. The van der Waals surface area contributed by atoms with Crippen molar-refractivity contribution in [2.45, 2.75) is 31.1 Å². The fourth-order valence-corrected chi connectivity index (χ4v) is 3.69. The first kappa shape index (κ1) is 17.5. The Hall–Kier alpha value is -2.33. The van der Waals surface area contributed by atoms with E-state index in [9.17, 15) is 4.79 Å². The van der Waals surface area contributed by atoms with Gasteiger partial charge in [0.1, 0.15) is 5.75 Å². The SMILES string of the molecule is COc1ccccc1NC(=O)CCC1(c2ccccc2)CCNCC1. The third-order valence-electron chi connectivity index (χ3n) is 5.16. The molecule has 0 atom stereocenters. The van der Waals surface area contributed by atoms with E-state index in [1.807, 2.05) is 30.3 Å². The molecule has 2 aromatic rings. The molecule has 0 bridgehead atoms. The van der Waals surface area contributed by atoms with E-state index in [-0.39, 0.29) is 11.3 Å². The molecule has 1 fully saturated rings. The molecule has 0 aliphatic carbocycles. The van der Waals surface area contributed by atoms with E-state index >= 15 is 0 Å². The highest BCUT2D eigenvalue weighted by Crippen LogP contribution is 2.38. The first-order valence-electron chi connectivity index (χ1n) is 8.93. The first-order valence-corrected chi connectivity index (χ1v) is 8.93. The van der Waals surface area contributed by atoms with E-state index in [0.717, 1.165) is 38.0 Å². The van der Waals surface area contributed by atoms with Crippen molar-refractivity contribution in [3.63, 3.8) is 0 Å². The summed E-state index contributed by atoms with van der Waals surface area (Å²) in [5, 5.41) is 6.42. The number of piperidine rings is 1. The Kier molecular flexibility index (Phi) is 5.71. The summed E-state index contributed by atoms with van der Waals surface area (Å²) in [6, 6.07) is 18.1. The standard InChI is InChI=1S/C21H26N2O2/c1-25-19-10-6-5-9-18(19)23-20(24)11-12-21(13-15-22-16-14-21)17-7-3-2-4-8-17/h2-10,22H,11-16H2,1H3,(H,23,24). The van der Waals surface area contributed by atoms with Crippen LogP contribution in [0.1, 0.15) is 31.2 Å². The molecule has 1 aliphatic heterocycles. The zero-order valence-corrected chi connectivity index (χ0v) is 14.8. The van der Waals surface area contributed by atoms with Crippen molar-refractivity contribution in [2.75, 3.05) is 25.5 Å². The van der Waals surface area contributed by atoms with Crippen LogP contribution in [0, 0.1) is 0 Å². The second kappa shape index (κ2) is 8.17. The zero-order chi connectivity index (χ0) is 17.5. The fourth-order valence-electron chi connectivity index (χ4n) is 3.69. The van der Waals surface area contributed by atoms with Crippen molar-refractivity contribution < 1.29 is 9.53 Å². The quantitative estimate of drug-likeness (QED) is 0.844. The van der Waals surface area contributed by atoms with Crippen LogP contribution in [0.25, 0.3) is 0 Å². The van der Waals surface area contributed by atoms with E-state index in [0.29, 0.717) is 12.2 Å². The van der Waals surface area contributed by atoms with Gasteiger partial charge in [-0.3, -0.25) is 4.79 Å². The molecular formula is C21H26N2O2. The van der Waals surface area contributed by atoms with Gasteiger partial charge in [-0.2, -0.15) is 0 Å². The van der Waals surface area contributed by atoms with Crippen LogP contribution in [0.2, 0.25) is 0 Å². The summed E-state index contributed by atoms with van der Waals surface area (Å²) < 4.78 is 5.31. The molecule has 0 aromatic heterocycles. The molecule has 4 heteroatoms.